The van der Waals surface area contributed by atoms with Crippen molar-refractivity contribution in [2.45, 2.75) is 13.5 Å². The number of fused-ring (bicyclic) bond motifs is 1. The maximum Gasteiger partial charge on any atom is 0.232 e. The smallest absolute Gasteiger partial charge is 0.232 e. The summed E-state index contributed by atoms with van der Waals surface area (Å²) < 4.78 is 11.7. The van der Waals surface area contributed by atoms with Crippen LogP contribution in [0.25, 0.3) is 6.08 Å². The number of hydrogen-bond acceptors (Lipinski definition) is 4. The second-order valence-corrected chi connectivity index (χ2v) is 7.40. The van der Waals surface area contributed by atoms with Gasteiger partial charge in [-0.1, -0.05) is 29.8 Å². The molecule has 2 aromatic carbocycles. The van der Waals surface area contributed by atoms with Crippen LogP contribution >= 0.6 is 22.9 Å². The number of hydrogen-bond donors (Lipinski definition) is 0. The van der Waals surface area contributed by atoms with Gasteiger partial charge in [0.2, 0.25) is 5.78 Å². The number of ether oxygens (including phenoxy) is 2. The van der Waals surface area contributed by atoms with E-state index in [1.54, 1.807) is 23.5 Å². The van der Waals surface area contributed by atoms with E-state index in [1.165, 1.54) is 0 Å². The average Bonchev–Trinajstić information content (AvgIpc) is 3.23. The maximum absolute atomic E-state index is 12.6. The molecule has 1 aliphatic heterocycles. The van der Waals surface area contributed by atoms with E-state index in [2.05, 4.69) is 0 Å². The van der Waals surface area contributed by atoms with Crippen LogP contribution in [0.4, 0.5) is 0 Å². The summed E-state index contributed by atoms with van der Waals surface area (Å²) in [5.41, 5.74) is 2.46. The first-order valence-electron chi connectivity index (χ1n) is 8.10. The van der Waals surface area contributed by atoms with Gasteiger partial charge in [-0.05, 0) is 47.7 Å². The topological polar surface area (TPSA) is 35.5 Å². The number of benzene rings is 2. The number of aryl methyl sites for hydroxylation is 1. The molecule has 130 valence electrons. The van der Waals surface area contributed by atoms with Crippen LogP contribution in [-0.2, 0) is 6.61 Å². The molecule has 1 aliphatic rings. The molecule has 0 saturated carbocycles. The number of carbonyl (C=O) groups is 1. The van der Waals surface area contributed by atoms with Gasteiger partial charge in [-0.3, -0.25) is 4.79 Å². The van der Waals surface area contributed by atoms with E-state index in [-0.39, 0.29) is 5.78 Å². The van der Waals surface area contributed by atoms with E-state index < -0.39 is 0 Å². The molecule has 0 N–H and O–H groups in total. The van der Waals surface area contributed by atoms with Crippen molar-refractivity contribution in [3.8, 4) is 11.5 Å². The highest BCUT2D eigenvalue weighted by Gasteiger charge is 2.30. The van der Waals surface area contributed by atoms with Gasteiger partial charge in [0.15, 0.2) is 5.76 Å². The molecule has 2 heterocycles. The van der Waals surface area contributed by atoms with Gasteiger partial charge in [0.25, 0.3) is 0 Å². The highest BCUT2D eigenvalue weighted by atomic mass is 35.5. The minimum atomic E-state index is -0.0878. The molecule has 0 bridgehead atoms. The molecule has 0 fully saturated rings. The largest absolute Gasteiger partial charge is 0.489 e. The van der Waals surface area contributed by atoms with Crippen LogP contribution in [0.1, 0.15) is 26.4 Å². The third kappa shape index (κ3) is 3.39. The van der Waals surface area contributed by atoms with E-state index in [1.807, 2.05) is 54.8 Å². The molecule has 0 aliphatic carbocycles. The van der Waals surface area contributed by atoms with Crippen LogP contribution in [0.2, 0.25) is 5.02 Å². The monoisotopic (exact) mass is 382 g/mol. The Morgan fingerprint density at radius 2 is 2.00 bits per heavy atom. The van der Waals surface area contributed by atoms with Gasteiger partial charge in [0, 0.05) is 22.0 Å². The van der Waals surface area contributed by atoms with E-state index in [0.29, 0.717) is 34.5 Å². The maximum atomic E-state index is 12.6. The minimum Gasteiger partial charge on any atom is -0.489 e. The van der Waals surface area contributed by atoms with Crippen LogP contribution in [0.15, 0.2) is 59.7 Å². The zero-order chi connectivity index (χ0) is 18.1. The van der Waals surface area contributed by atoms with Crippen molar-refractivity contribution in [1.29, 1.82) is 0 Å². The fourth-order valence-corrected chi connectivity index (χ4v) is 3.58. The van der Waals surface area contributed by atoms with Crippen molar-refractivity contribution < 1.29 is 14.3 Å². The van der Waals surface area contributed by atoms with Crippen molar-refractivity contribution in [3.05, 3.63) is 86.3 Å². The van der Waals surface area contributed by atoms with Gasteiger partial charge in [-0.25, -0.2) is 0 Å². The lowest BCUT2D eigenvalue weighted by atomic mass is 10.0. The Morgan fingerprint density at radius 1 is 1.19 bits per heavy atom. The van der Waals surface area contributed by atoms with Crippen LogP contribution < -0.4 is 9.47 Å². The Bertz CT molecular complexity index is 989. The number of halogens is 1. The number of rotatable bonds is 4. The SMILES string of the molecule is Cc1cc(OCc2ccc(Cl)cc2)cc2c1C(=O)/C(=C/c1cccs1)O2. The van der Waals surface area contributed by atoms with Gasteiger partial charge >= 0.3 is 0 Å². The van der Waals surface area contributed by atoms with Crippen LogP contribution in [-0.4, -0.2) is 5.78 Å². The summed E-state index contributed by atoms with van der Waals surface area (Å²) in [4.78, 5) is 13.6. The second kappa shape index (κ2) is 6.98. The predicted molar refractivity (Wildman–Crippen MR) is 104 cm³/mol. The average molecular weight is 383 g/mol. The summed E-state index contributed by atoms with van der Waals surface area (Å²) in [6.45, 7) is 2.31. The molecule has 1 aromatic heterocycles. The van der Waals surface area contributed by atoms with E-state index in [0.717, 1.165) is 16.0 Å². The molecule has 3 nitrogen and oxygen atoms in total. The predicted octanol–water partition coefficient (Wildman–Crippen LogP) is 5.91. The second-order valence-electron chi connectivity index (χ2n) is 5.98. The van der Waals surface area contributed by atoms with Crippen LogP contribution in [0.3, 0.4) is 0 Å². The zero-order valence-electron chi connectivity index (χ0n) is 14.0. The summed E-state index contributed by atoms with van der Waals surface area (Å²) in [5, 5.41) is 2.66. The molecule has 4 rings (SSSR count). The van der Waals surface area contributed by atoms with Crippen molar-refractivity contribution in [2.24, 2.45) is 0 Å². The first-order valence-corrected chi connectivity index (χ1v) is 9.35. The highest BCUT2D eigenvalue weighted by Crippen LogP contribution is 2.38. The normalized spacial score (nSPS) is 14.4. The van der Waals surface area contributed by atoms with Crippen molar-refractivity contribution >= 4 is 34.8 Å². The van der Waals surface area contributed by atoms with Gasteiger partial charge in [-0.15, -0.1) is 11.3 Å². The molecule has 0 spiro atoms. The van der Waals surface area contributed by atoms with Crippen molar-refractivity contribution in [1.82, 2.24) is 0 Å². The number of ketones is 1. The van der Waals surface area contributed by atoms with Crippen LogP contribution in [0, 0.1) is 6.92 Å². The lowest BCUT2D eigenvalue weighted by Gasteiger charge is -2.09. The number of carbonyl (C=O) groups excluding carboxylic acids is 1. The summed E-state index contributed by atoms with van der Waals surface area (Å²) in [6, 6.07) is 15.0. The molecule has 0 atom stereocenters. The Labute approximate surface area is 160 Å². The molecular weight excluding hydrogens is 368 g/mol. The summed E-state index contributed by atoms with van der Waals surface area (Å²) >= 11 is 7.46. The highest BCUT2D eigenvalue weighted by molar-refractivity contribution is 7.10. The third-order valence-electron chi connectivity index (χ3n) is 4.08. The molecule has 0 unspecified atom stereocenters. The molecule has 0 radical (unpaired) electrons. The fourth-order valence-electron chi connectivity index (χ4n) is 2.81. The quantitative estimate of drug-likeness (QED) is 0.526. The molecule has 5 heteroatoms. The Kier molecular flexibility index (Phi) is 4.53. The lowest BCUT2D eigenvalue weighted by Crippen LogP contribution is -1.99. The standard InChI is InChI=1S/C21H15ClO3S/c1-13-9-16(24-12-14-4-6-15(22)7-5-14)10-18-20(13)21(23)19(25-18)11-17-3-2-8-26-17/h2-11H,12H2,1H3/b19-11-. The third-order valence-corrected chi connectivity index (χ3v) is 5.15. The Hall–Kier alpha value is -2.56. The molecule has 3 aromatic rings. The Morgan fingerprint density at radius 3 is 2.73 bits per heavy atom. The van der Waals surface area contributed by atoms with Crippen LogP contribution in [0.5, 0.6) is 11.5 Å². The van der Waals surface area contributed by atoms with Gasteiger partial charge < -0.3 is 9.47 Å². The first-order chi connectivity index (χ1) is 12.6. The molecule has 26 heavy (non-hydrogen) atoms. The lowest BCUT2D eigenvalue weighted by molar-refractivity contribution is 0.101. The number of thiophene rings is 1. The zero-order valence-corrected chi connectivity index (χ0v) is 15.6. The number of allylic oxidation sites excluding steroid dienone is 1. The first kappa shape index (κ1) is 16.9. The fraction of sp³-hybridized carbons (Fsp3) is 0.0952. The van der Waals surface area contributed by atoms with Gasteiger partial charge in [0.05, 0.1) is 5.56 Å². The molecule has 0 amide bonds. The van der Waals surface area contributed by atoms with Crippen molar-refractivity contribution in [3.63, 3.8) is 0 Å². The summed E-state index contributed by atoms with van der Waals surface area (Å²) in [5.74, 6) is 1.47. The van der Waals surface area contributed by atoms with E-state index in [9.17, 15) is 4.79 Å². The van der Waals surface area contributed by atoms with Gasteiger partial charge in [0.1, 0.15) is 18.1 Å². The molecular formula is C21H15ClO3S. The summed E-state index contributed by atoms with van der Waals surface area (Å²) in [7, 11) is 0. The van der Waals surface area contributed by atoms with E-state index >= 15 is 0 Å². The van der Waals surface area contributed by atoms with E-state index in [4.69, 9.17) is 21.1 Å². The van der Waals surface area contributed by atoms with Gasteiger partial charge in [-0.2, -0.15) is 0 Å². The van der Waals surface area contributed by atoms with Crippen molar-refractivity contribution in [2.75, 3.05) is 0 Å². The summed E-state index contributed by atoms with van der Waals surface area (Å²) in [6.07, 6.45) is 1.78. The minimum absolute atomic E-state index is 0.0878. The number of Topliss-reactive ketones (excluding diaryl/α,β-unsaturated/α-hetero) is 1. The Balaban J connectivity index is 1.56. The molecule has 0 saturated heterocycles.